The van der Waals surface area contributed by atoms with E-state index in [0.717, 1.165) is 49.3 Å². The molecule has 1 aliphatic heterocycles. The van der Waals surface area contributed by atoms with Gasteiger partial charge >= 0.3 is 5.97 Å². The average Bonchev–Trinajstić information content (AvgIpc) is 2.87. The number of aliphatic hydroxyl groups is 1. The van der Waals surface area contributed by atoms with Crippen LogP contribution >= 0.6 is 11.6 Å². The van der Waals surface area contributed by atoms with Gasteiger partial charge in [-0.25, -0.2) is 0 Å². The van der Waals surface area contributed by atoms with E-state index in [1.807, 2.05) is 18.2 Å². The molecule has 1 aromatic carbocycles. The molecular formula is C28H39ClN2O4. The Morgan fingerprint density at radius 1 is 1.26 bits per heavy atom. The fraction of sp³-hybridized carbons (Fsp3) is 0.643. The number of aliphatic carboxylic acids is 1. The minimum atomic E-state index is -0.796. The summed E-state index contributed by atoms with van der Waals surface area (Å²) >= 11 is 6.49. The number of fused-ring (bicyclic) bond motifs is 1. The second-order valence-electron chi connectivity index (χ2n) is 10.7. The van der Waals surface area contributed by atoms with Gasteiger partial charge in [0.15, 0.2) is 0 Å². The van der Waals surface area contributed by atoms with E-state index in [1.165, 1.54) is 38.5 Å². The van der Waals surface area contributed by atoms with Gasteiger partial charge in [-0.05, 0) is 81.3 Å². The second kappa shape index (κ2) is 11.9. The quantitative estimate of drug-likeness (QED) is 0.400. The first-order chi connectivity index (χ1) is 16.9. The maximum atomic E-state index is 11.8. The van der Waals surface area contributed by atoms with Gasteiger partial charge in [-0.15, -0.1) is 0 Å². The largest absolute Gasteiger partial charge is 0.497 e. The lowest BCUT2D eigenvalue weighted by Gasteiger charge is -2.42. The number of hydrogen-bond donors (Lipinski definition) is 2. The summed E-state index contributed by atoms with van der Waals surface area (Å²) in [7, 11) is 1.60. The van der Waals surface area contributed by atoms with E-state index in [2.05, 4.69) is 9.88 Å². The number of halogens is 1. The van der Waals surface area contributed by atoms with Crippen LogP contribution in [-0.2, 0) is 4.79 Å². The maximum absolute atomic E-state index is 11.8. The fourth-order valence-corrected chi connectivity index (χ4v) is 6.43. The number of pyridine rings is 1. The Balaban J connectivity index is 1.40. The molecule has 2 fully saturated rings. The van der Waals surface area contributed by atoms with Crippen molar-refractivity contribution in [1.82, 2.24) is 9.88 Å². The van der Waals surface area contributed by atoms with Crippen LogP contribution in [0.15, 0.2) is 24.4 Å². The zero-order valence-corrected chi connectivity index (χ0v) is 21.6. The van der Waals surface area contributed by atoms with Crippen LogP contribution in [0.2, 0.25) is 5.02 Å². The number of carboxylic acid groups (broad SMARTS) is 1. The number of aliphatic hydroxyl groups excluding tert-OH is 1. The van der Waals surface area contributed by atoms with Crippen molar-refractivity contribution in [3.05, 3.63) is 35.0 Å². The minimum absolute atomic E-state index is 0.148. The molecule has 1 aliphatic carbocycles. The highest BCUT2D eigenvalue weighted by atomic mass is 35.5. The lowest BCUT2D eigenvalue weighted by molar-refractivity contribution is -0.141. The number of rotatable bonds is 10. The maximum Gasteiger partial charge on any atom is 0.303 e. The monoisotopic (exact) mass is 502 g/mol. The van der Waals surface area contributed by atoms with Gasteiger partial charge in [0.2, 0.25) is 0 Å². The highest BCUT2D eigenvalue weighted by Crippen LogP contribution is 2.43. The molecule has 0 bridgehead atoms. The molecule has 2 N–H and O–H groups in total. The molecule has 1 atom stereocenters. The highest BCUT2D eigenvalue weighted by Gasteiger charge is 2.37. The van der Waals surface area contributed by atoms with Gasteiger partial charge < -0.3 is 19.8 Å². The van der Waals surface area contributed by atoms with Crippen molar-refractivity contribution in [1.29, 1.82) is 0 Å². The summed E-state index contributed by atoms with van der Waals surface area (Å²) in [6.45, 7) is 3.00. The standard InChI is InChI=1S/C28H39ClN2O4/c1-35-21-7-8-24-22(17-21)27(23(29)19-30-24)25(32)9-11-28(18-26(33)34)12-15-31(16-13-28)14-10-20-5-3-2-4-6-20/h7-8,17,19-20,25,32H,2-6,9-16,18H2,1H3,(H,33,34)/t25-/m0/s1. The molecular weight excluding hydrogens is 464 g/mol. The van der Waals surface area contributed by atoms with Crippen molar-refractivity contribution in [3.8, 4) is 5.75 Å². The van der Waals surface area contributed by atoms with Gasteiger partial charge in [0.05, 0.1) is 30.2 Å². The second-order valence-corrected chi connectivity index (χ2v) is 11.1. The zero-order valence-electron chi connectivity index (χ0n) is 20.8. The number of benzene rings is 1. The predicted molar refractivity (Wildman–Crippen MR) is 139 cm³/mol. The third-order valence-corrected chi connectivity index (χ3v) is 8.67. The van der Waals surface area contributed by atoms with E-state index >= 15 is 0 Å². The molecule has 192 valence electrons. The van der Waals surface area contributed by atoms with Crippen molar-refractivity contribution in [2.24, 2.45) is 11.3 Å². The Kier molecular flexibility index (Phi) is 8.90. The lowest BCUT2D eigenvalue weighted by atomic mass is 9.71. The first-order valence-electron chi connectivity index (χ1n) is 13.1. The van der Waals surface area contributed by atoms with E-state index < -0.39 is 12.1 Å². The number of hydrogen-bond acceptors (Lipinski definition) is 5. The van der Waals surface area contributed by atoms with Crippen molar-refractivity contribution in [3.63, 3.8) is 0 Å². The number of likely N-dealkylation sites (tertiary alicyclic amines) is 1. The van der Waals surface area contributed by atoms with E-state index in [9.17, 15) is 15.0 Å². The molecule has 0 radical (unpaired) electrons. The summed E-state index contributed by atoms with van der Waals surface area (Å²) in [5, 5.41) is 22.1. The Morgan fingerprint density at radius 3 is 2.69 bits per heavy atom. The van der Waals surface area contributed by atoms with Gasteiger partial charge in [0, 0.05) is 17.1 Å². The van der Waals surface area contributed by atoms with Gasteiger partial charge in [0.1, 0.15) is 5.75 Å². The van der Waals surface area contributed by atoms with E-state index in [0.29, 0.717) is 29.2 Å². The lowest BCUT2D eigenvalue weighted by Crippen LogP contribution is -2.42. The van der Waals surface area contributed by atoms with Crippen LogP contribution in [-0.4, -0.2) is 52.8 Å². The number of carbonyl (C=O) groups is 1. The van der Waals surface area contributed by atoms with Crippen LogP contribution in [0.25, 0.3) is 10.9 Å². The van der Waals surface area contributed by atoms with Crippen LogP contribution < -0.4 is 4.74 Å². The molecule has 1 saturated heterocycles. The smallest absolute Gasteiger partial charge is 0.303 e. The summed E-state index contributed by atoms with van der Waals surface area (Å²) in [5.74, 6) is 0.786. The van der Waals surface area contributed by atoms with E-state index in [-0.39, 0.29) is 11.8 Å². The number of carboxylic acids is 1. The summed E-state index contributed by atoms with van der Waals surface area (Å²) in [5.41, 5.74) is 1.10. The Labute approximate surface area is 213 Å². The Bertz CT molecular complexity index is 1000. The van der Waals surface area contributed by atoms with Crippen LogP contribution in [0.1, 0.15) is 82.3 Å². The normalized spacial score (nSPS) is 20.1. The van der Waals surface area contributed by atoms with Crippen LogP contribution in [0.5, 0.6) is 5.75 Å². The molecule has 2 aliphatic rings. The number of aromatic nitrogens is 1. The molecule has 2 heterocycles. The molecule has 6 nitrogen and oxygen atoms in total. The number of ether oxygens (including phenoxy) is 1. The zero-order chi connectivity index (χ0) is 24.8. The van der Waals surface area contributed by atoms with Gasteiger partial charge in [-0.1, -0.05) is 43.7 Å². The third-order valence-electron chi connectivity index (χ3n) is 8.37. The topological polar surface area (TPSA) is 82.9 Å². The van der Waals surface area contributed by atoms with Gasteiger partial charge in [-0.2, -0.15) is 0 Å². The average molecular weight is 503 g/mol. The van der Waals surface area contributed by atoms with E-state index in [4.69, 9.17) is 16.3 Å². The minimum Gasteiger partial charge on any atom is -0.497 e. The molecule has 0 spiro atoms. The van der Waals surface area contributed by atoms with Crippen molar-refractivity contribution < 1.29 is 19.7 Å². The summed E-state index contributed by atoms with van der Waals surface area (Å²) in [6, 6.07) is 5.55. The third kappa shape index (κ3) is 6.66. The molecule has 35 heavy (non-hydrogen) atoms. The number of methoxy groups -OCH3 is 1. The molecule has 0 unspecified atom stereocenters. The van der Waals surface area contributed by atoms with Crippen LogP contribution in [0.3, 0.4) is 0 Å². The molecule has 1 saturated carbocycles. The van der Waals surface area contributed by atoms with Crippen LogP contribution in [0, 0.1) is 11.3 Å². The molecule has 7 heteroatoms. The van der Waals surface area contributed by atoms with Crippen molar-refractivity contribution in [2.45, 2.75) is 76.7 Å². The molecule has 2 aromatic rings. The molecule has 4 rings (SSSR count). The van der Waals surface area contributed by atoms with E-state index in [1.54, 1.807) is 13.3 Å². The Hall–Kier alpha value is -1.89. The fourth-order valence-electron chi connectivity index (χ4n) is 6.15. The first kappa shape index (κ1) is 26.2. The molecule has 1 aromatic heterocycles. The number of piperidine rings is 1. The van der Waals surface area contributed by atoms with Gasteiger partial charge in [0.25, 0.3) is 0 Å². The van der Waals surface area contributed by atoms with Gasteiger partial charge in [-0.3, -0.25) is 9.78 Å². The number of nitrogens with zero attached hydrogens (tertiary/aromatic N) is 2. The summed E-state index contributed by atoms with van der Waals surface area (Å²) in [6.07, 6.45) is 11.9. The van der Waals surface area contributed by atoms with Crippen LogP contribution in [0.4, 0.5) is 0 Å². The summed E-state index contributed by atoms with van der Waals surface area (Å²) in [4.78, 5) is 18.7. The molecule has 0 amide bonds. The SMILES string of the molecule is COc1ccc2ncc(Cl)c([C@@H](O)CCC3(CC(=O)O)CCN(CCC4CCCCC4)CC3)c2c1. The first-order valence-corrected chi connectivity index (χ1v) is 13.5. The summed E-state index contributed by atoms with van der Waals surface area (Å²) < 4.78 is 5.36. The van der Waals surface area contributed by atoms with Crippen molar-refractivity contribution >= 4 is 28.5 Å². The Morgan fingerprint density at radius 2 is 2.00 bits per heavy atom. The predicted octanol–water partition coefficient (Wildman–Crippen LogP) is 6.24. The van der Waals surface area contributed by atoms with Crippen molar-refractivity contribution in [2.75, 3.05) is 26.7 Å². The highest BCUT2D eigenvalue weighted by molar-refractivity contribution is 6.32.